The molecular weight excluding hydrogens is 210 g/mol. The van der Waals surface area contributed by atoms with Crippen molar-refractivity contribution in [1.29, 1.82) is 0 Å². The topological polar surface area (TPSA) is 31.1 Å². The van der Waals surface area contributed by atoms with E-state index in [1.165, 1.54) is 22.9 Å². The van der Waals surface area contributed by atoms with Gasteiger partial charge in [-0.05, 0) is 45.2 Å². The Bertz CT molecular complexity index is 459. The van der Waals surface area contributed by atoms with E-state index in [9.17, 15) is 0 Å². The standard InChI is InChI=1S/C14H21N3/c1-17(2)9-5-8-15-10-12-11-16-14-7-4-3-6-13(12)14/h3-4,6-7,11,15-16H,5,8-10H2,1-2H3. The van der Waals surface area contributed by atoms with E-state index in [1.54, 1.807) is 0 Å². The maximum atomic E-state index is 3.49. The summed E-state index contributed by atoms with van der Waals surface area (Å²) < 4.78 is 0. The van der Waals surface area contributed by atoms with Gasteiger partial charge in [-0.3, -0.25) is 0 Å². The molecule has 0 saturated carbocycles. The van der Waals surface area contributed by atoms with Crippen LogP contribution in [0.2, 0.25) is 0 Å². The first-order valence-electron chi connectivity index (χ1n) is 6.18. The Morgan fingerprint density at radius 2 is 2.06 bits per heavy atom. The Kier molecular flexibility index (Phi) is 4.18. The molecule has 17 heavy (non-hydrogen) atoms. The van der Waals surface area contributed by atoms with Gasteiger partial charge in [0.2, 0.25) is 0 Å². The van der Waals surface area contributed by atoms with Crippen molar-refractivity contribution in [2.24, 2.45) is 0 Å². The van der Waals surface area contributed by atoms with Crippen LogP contribution < -0.4 is 5.32 Å². The van der Waals surface area contributed by atoms with Gasteiger partial charge in [0, 0.05) is 23.6 Å². The molecule has 0 unspecified atom stereocenters. The molecular formula is C14H21N3. The van der Waals surface area contributed by atoms with Crippen LogP contribution >= 0.6 is 0 Å². The van der Waals surface area contributed by atoms with Crippen LogP contribution in [0.5, 0.6) is 0 Å². The van der Waals surface area contributed by atoms with Gasteiger partial charge in [0.25, 0.3) is 0 Å². The van der Waals surface area contributed by atoms with Crippen LogP contribution in [0.4, 0.5) is 0 Å². The lowest BCUT2D eigenvalue weighted by atomic mass is 10.2. The average Bonchev–Trinajstić information content (AvgIpc) is 2.72. The lowest BCUT2D eigenvalue weighted by Crippen LogP contribution is -2.20. The summed E-state index contributed by atoms with van der Waals surface area (Å²) in [6.07, 6.45) is 3.29. The molecule has 0 fully saturated rings. The van der Waals surface area contributed by atoms with Crippen molar-refractivity contribution < 1.29 is 0 Å². The second-order valence-corrected chi connectivity index (χ2v) is 4.69. The fourth-order valence-corrected chi connectivity index (χ4v) is 2.02. The average molecular weight is 231 g/mol. The number of H-pyrrole nitrogens is 1. The van der Waals surface area contributed by atoms with Gasteiger partial charge < -0.3 is 15.2 Å². The Morgan fingerprint density at radius 3 is 2.88 bits per heavy atom. The summed E-state index contributed by atoms with van der Waals surface area (Å²) in [4.78, 5) is 5.51. The molecule has 2 aromatic rings. The summed E-state index contributed by atoms with van der Waals surface area (Å²) in [5, 5.41) is 4.82. The first kappa shape index (κ1) is 12.1. The summed E-state index contributed by atoms with van der Waals surface area (Å²) in [6.45, 7) is 3.15. The number of hydrogen-bond acceptors (Lipinski definition) is 2. The van der Waals surface area contributed by atoms with E-state index in [-0.39, 0.29) is 0 Å². The Labute approximate surface area is 103 Å². The molecule has 1 aromatic heterocycles. The number of fused-ring (bicyclic) bond motifs is 1. The van der Waals surface area contributed by atoms with E-state index >= 15 is 0 Å². The largest absolute Gasteiger partial charge is 0.361 e. The Hall–Kier alpha value is -1.32. The molecule has 0 aliphatic heterocycles. The van der Waals surface area contributed by atoms with Crippen molar-refractivity contribution >= 4 is 10.9 Å². The van der Waals surface area contributed by atoms with Crippen LogP contribution in [0, 0.1) is 0 Å². The minimum atomic E-state index is 0.942. The molecule has 0 aliphatic rings. The molecule has 2 rings (SSSR count). The highest BCUT2D eigenvalue weighted by Gasteiger charge is 2.01. The predicted octanol–water partition coefficient (Wildman–Crippen LogP) is 2.21. The number of nitrogens with one attached hydrogen (secondary N) is 2. The zero-order chi connectivity index (χ0) is 12.1. The van der Waals surface area contributed by atoms with E-state index in [0.29, 0.717) is 0 Å². The van der Waals surface area contributed by atoms with Gasteiger partial charge in [-0.2, -0.15) is 0 Å². The van der Waals surface area contributed by atoms with Gasteiger partial charge >= 0.3 is 0 Å². The van der Waals surface area contributed by atoms with Gasteiger partial charge in [0.15, 0.2) is 0 Å². The van der Waals surface area contributed by atoms with E-state index in [1.807, 2.05) is 0 Å². The zero-order valence-corrected chi connectivity index (χ0v) is 10.7. The Morgan fingerprint density at radius 1 is 1.24 bits per heavy atom. The van der Waals surface area contributed by atoms with E-state index in [2.05, 4.69) is 59.8 Å². The zero-order valence-electron chi connectivity index (χ0n) is 10.7. The number of benzene rings is 1. The molecule has 3 nitrogen and oxygen atoms in total. The smallest absolute Gasteiger partial charge is 0.0457 e. The molecule has 0 saturated heterocycles. The number of rotatable bonds is 6. The van der Waals surface area contributed by atoms with Crippen LogP contribution in [0.3, 0.4) is 0 Å². The number of hydrogen-bond donors (Lipinski definition) is 2. The quantitative estimate of drug-likeness (QED) is 0.747. The first-order valence-corrected chi connectivity index (χ1v) is 6.18. The van der Waals surface area contributed by atoms with Gasteiger partial charge in [-0.1, -0.05) is 18.2 Å². The van der Waals surface area contributed by atoms with Crippen LogP contribution in [0.1, 0.15) is 12.0 Å². The highest BCUT2D eigenvalue weighted by atomic mass is 15.1. The molecule has 3 heteroatoms. The van der Waals surface area contributed by atoms with Gasteiger partial charge in [0.1, 0.15) is 0 Å². The first-order chi connectivity index (χ1) is 8.27. The molecule has 1 aromatic carbocycles. The molecule has 0 atom stereocenters. The summed E-state index contributed by atoms with van der Waals surface area (Å²) in [5.41, 5.74) is 2.57. The SMILES string of the molecule is CN(C)CCCNCc1c[nH]c2ccccc12. The van der Waals surface area contributed by atoms with Crippen LogP contribution in [-0.2, 0) is 6.54 Å². The third kappa shape index (κ3) is 3.32. The third-order valence-electron chi connectivity index (χ3n) is 2.95. The fourth-order valence-electron chi connectivity index (χ4n) is 2.02. The van der Waals surface area contributed by atoms with Gasteiger partial charge in [0.05, 0.1) is 0 Å². The lowest BCUT2D eigenvalue weighted by molar-refractivity contribution is 0.394. The molecule has 0 spiro atoms. The summed E-state index contributed by atoms with van der Waals surface area (Å²) in [6, 6.07) is 8.44. The second kappa shape index (κ2) is 5.84. The van der Waals surface area contributed by atoms with Crippen molar-refractivity contribution in [1.82, 2.24) is 15.2 Å². The molecule has 1 heterocycles. The maximum Gasteiger partial charge on any atom is 0.0457 e. The molecule has 0 aliphatic carbocycles. The van der Waals surface area contributed by atoms with Crippen LogP contribution in [0.25, 0.3) is 10.9 Å². The van der Waals surface area contributed by atoms with Crippen LogP contribution in [0.15, 0.2) is 30.5 Å². The normalized spacial score (nSPS) is 11.5. The van der Waals surface area contributed by atoms with E-state index in [0.717, 1.165) is 19.6 Å². The summed E-state index contributed by atoms with van der Waals surface area (Å²) >= 11 is 0. The second-order valence-electron chi connectivity index (χ2n) is 4.69. The molecule has 92 valence electrons. The van der Waals surface area contributed by atoms with Crippen LogP contribution in [-0.4, -0.2) is 37.1 Å². The number of aromatic amines is 1. The minimum Gasteiger partial charge on any atom is -0.361 e. The van der Waals surface area contributed by atoms with Crippen molar-refractivity contribution in [2.45, 2.75) is 13.0 Å². The number of nitrogens with zero attached hydrogens (tertiary/aromatic N) is 1. The number of aromatic nitrogens is 1. The molecule has 0 radical (unpaired) electrons. The lowest BCUT2D eigenvalue weighted by Gasteiger charge is -2.09. The molecule has 0 bridgehead atoms. The van der Waals surface area contributed by atoms with Gasteiger partial charge in [-0.25, -0.2) is 0 Å². The fraction of sp³-hybridized carbons (Fsp3) is 0.429. The van der Waals surface area contributed by atoms with Gasteiger partial charge in [-0.15, -0.1) is 0 Å². The summed E-state index contributed by atoms with van der Waals surface area (Å²) in [7, 11) is 4.22. The Balaban J connectivity index is 1.83. The number of para-hydroxylation sites is 1. The third-order valence-corrected chi connectivity index (χ3v) is 2.95. The van der Waals surface area contributed by atoms with E-state index < -0.39 is 0 Å². The molecule has 2 N–H and O–H groups in total. The highest BCUT2D eigenvalue weighted by molar-refractivity contribution is 5.82. The maximum absolute atomic E-state index is 3.49. The monoisotopic (exact) mass is 231 g/mol. The highest BCUT2D eigenvalue weighted by Crippen LogP contribution is 2.17. The minimum absolute atomic E-state index is 0.942. The molecule has 0 amide bonds. The van der Waals surface area contributed by atoms with Crippen molar-refractivity contribution in [3.05, 3.63) is 36.0 Å². The van der Waals surface area contributed by atoms with Crippen molar-refractivity contribution in [3.63, 3.8) is 0 Å². The van der Waals surface area contributed by atoms with Crippen molar-refractivity contribution in [2.75, 3.05) is 27.2 Å². The predicted molar refractivity (Wildman–Crippen MR) is 73.2 cm³/mol. The van der Waals surface area contributed by atoms with Crippen molar-refractivity contribution in [3.8, 4) is 0 Å². The van der Waals surface area contributed by atoms with E-state index in [4.69, 9.17) is 0 Å². The summed E-state index contributed by atoms with van der Waals surface area (Å²) in [5.74, 6) is 0.